The fraction of sp³-hybridized carbons (Fsp3) is 0.500. The standard InChI is InChI=1S/C32H41N3O3Si/c1-22-10-9-11-25(33-22)28-29(23-12-13-26-27(20-23)37-21-36-26)35-19-8-7-16-32(30(35)34-28)17-14-24(15-18-32)38-39(5,6)31(2,3)4/h7-13,20,24H,14-19,21H2,1-6H3/t24-,32+. The van der Waals surface area contributed by atoms with Gasteiger partial charge in [-0.25, -0.2) is 4.98 Å². The molecule has 0 bridgehead atoms. The van der Waals surface area contributed by atoms with Crippen molar-refractivity contribution in [1.82, 2.24) is 14.5 Å². The molecule has 1 fully saturated rings. The lowest BCUT2D eigenvalue weighted by molar-refractivity contribution is 0.1000. The van der Waals surface area contributed by atoms with Crippen LogP contribution in [0.3, 0.4) is 0 Å². The lowest BCUT2D eigenvalue weighted by atomic mass is 9.70. The quantitative estimate of drug-likeness (QED) is 0.248. The van der Waals surface area contributed by atoms with E-state index in [-0.39, 0.29) is 17.2 Å². The smallest absolute Gasteiger partial charge is 0.231 e. The number of benzene rings is 1. The van der Waals surface area contributed by atoms with E-state index < -0.39 is 8.32 Å². The molecule has 4 heterocycles. The zero-order chi connectivity index (χ0) is 27.4. The van der Waals surface area contributed by atoms with Gasteiger partial charge in [-0.3, -0.25) is 4.98 Å². The topological polar surface area (TPSA) is 58.4 Å². The average Bonchev–Trinajstić information content (AvgIpc) is 3.47. The van der Waals surface area contributed by atoms with E-state index in [1.165, 1.54) is 5.82 Å². The van der Waals surface area contributed by atoms with Crippen molar-refractivity contribution < 1.29 is 13.9 Å². The second-order valence-electron chi connectivity index (χ2n) is 13.0. The van der Waals surface area contributed by atoms with Gasteiger partial charge in [-0.1, -0.05) is 39.0 Å². The van der Waals surface area contributed by atoms with E-state index in [4.69, 9.17) is 23.9 Å². The molecule has 0 amide bonds. The summed E-state index contributed by atoms with van der Waals surface area (Å²) in [6.07, 6.45) is 10.3. The second kappa shape index (κ2) is 9.63. The summed E-state index contributed by atoms with van der Waals surface area (Å²) in [5.74, 6) is 2.76. The molecule has 39 heavy (non-hydrogen) atoms. The highest BCUT2D eigenvalue weighted by molar-refractivity contribution is 6.74. The number of ether oxygens (including phenoxy) is 2. The van der Waals surface area contributed by atoms with Crippen molar-refractivity contribution in [2.45, 2.75) is 96.0 Å². The van der Waals surface area contributed by atoms with Crippen LogP contribution in [0.4, 0.5) is 0 Å². The molecule has 6 rings (SSSR count). The van der Waals surface area contributed by atoms with Crippen LogP contribution in [0.1, 0.15) is 64.4 Å². The molecule has 1 aromatic carbocycles. The van der Waals surface area contributed by atoms with E-state index in [2.05, 4.69) is 74.8 Å². The molecule has 0 N–H and O–H groups in total. The minimum atomic E-state index is -1.81. The van der Waals surface area contributed by atoms with E-state index in [1.54, 1.807) is 0 Å². The van der Waals surface area contributed by atoms with E-state index in [0.29, 0.717) is 6.10 Å². The second-order valence-corrected chi connectivity index (χ2v) is 17.8. The van der Waals surface area contributed by atoms with Crippen molar-refractivity contribution in [1.29, 1.82) is 0 Å². The first-order chi connectivity index (χ1) is 18.6. The number of aryl methyl sites for hydroxylation is 1. The predicted octanol–water partition coefficient (Wildman–Crippen LogP) is 7.81. The monoisotopic (exact) mass is 543 g/mol. The molecule has 7 heteroatoms. The Kier molecular flexibility index (Phi) is 6.50. The first-order valence-electron chi connectivity index (χ1n) is 14.3. The molecule has 2 aromatic heterocycles. The molecule has 0 saturated heterocycles. The van der Waals surface area contributed by atoms with Crippen molar-refractivity contribution in [3.8, 4) is 34.1 Å². The number of fused-ring (bicyclic) bond motifs is 3. The first-order valence-corrected chi connectivity index (χ1v) is 17.3. The van der Waals surface area contributed by atoms with Crippen LogP contribution in [0.5, 0.6) is 11.5 Å². The Balaban J connectivity index is 1.42. The summed E-state index contributed by atoms with van der Waals surface area (Å²) in [7, 11) is -1.81. The molecule has 1 saturated carbocycles. The summed E-state index contributed by atoms with van der Waals surface area (Å²) >= 11 is 0. The van der Waals surface area contributed by atoms with Crippen molar-refractivity contribution in [2.75, 3.05) is 6.79 Å². The van der Waals surface area contributed by atoms with Gasteiger partial charge in [0.15, 0.2) is 19.8 Å². The Bertz CT molecular complexity index is 1410. The van der Waals surface area contributed by atoms with Crippen LogP contribution in [-0.2, 0) is 16.4 Å². The Hall–Kier alpha value is -2.90. The molecule has 206 valence electrons. The Labute approximate surface area is 233 Å². The van der Waals surface area contributed by atoms with Gasteiger partial charge in [0, 0.05) is 29.3 Å². The van der Waals surface area contributed by atoms with Crippen molar-refractivity contribution >= 4 is 8.32 Å². The summed E-state index contributed by atoms with van der Waals surface area (Å²) < 4.78 is 20.7. The average molecular weight is 544 g/mol. The fourth-order valence-corrected chi connectivity index (χ4v) is 7.51. The van der Waals surface area contributed by atoms with Crippen molar-refractivity contribution in [2.24, 2.45) is 0 Å². The molecule has 0 unspecified atom stereocenters. The number of nitrogens with zero attached hydrogens (tertiary/aromatic N) is 3. The van der Waals surface area contributed by atoms with Crippen LogP contribution in [0.25, 0.3) is 22.6 Å². The van der Waals surface area contributed by atoms with Gasteiger partial charge in [0.25, 0.3) is 0 Å². The van der Waals surface area contributed by atoms with Gasteiger partial charge in [-0.15, -0.1) is 0 Å². The van der Waals surface area contributed by atoms with E-state index >= 15 is 0 Å². The maximum atomic E-state index is 6.88. The van der Waals surface area contributed by atoms with Gasteiger partial charge in [-0.2, -0.15) is 0 Å². The molecule has 3 aromatic rings. The fourth-order valence-electron chi connectivity index (χ4n) is 6.09. The van der Waals surface area contributed by atoms with Crippen molar-refractivity contribution in [3.63, 3.8) is 0 Å². The minimum Gasteiger partial charge on any atom is -0.454 e. The van der Waals surface area contributed by atoms with E-state index in [0.717, 1.165) is 78.5 Å². The van der Waals surface area contributed by atoms with Gasteiger partial charge in [0.05, 0.1) is 11.4 Å². The normalized spacial score (nSPS) is 22.7. The number of hydrogen-bond donors (Lipinski definition) is 0. The maximum Gasteiger partial charge on any atom is 0.231 e. The third-order valence-corrected chi connectivity index (χ3v) is 13.9. The van der Waals surface area contributed by atoms with Gasteiger partial charge in [0.2, 0.25) is 6.79 Å². The number of imidazole rings is 1. The molecule has 2 aliphatic heterocycles. The zero-order valence-corrected chi connectivity index (χ0v) is 25.2. The Morgan fingerprint density at radius 3 is 2.51 bits per heavy atom. The minimum absolute atomic E-state index is 0.00649. The SMILES string of the molecule is Cc1cccc(-c2nc3n(c2-c2ccc4c(c2)OCO4)CC=CC[C@]32CC[C@H](O[Si](C)(C)C(C)(C)C)CC2)n1. The Morgan fingerprint density at radius 1 is 1.00 bits per heavy atom. The predicted molar refractivity (Wildman–Crippen MR) is 158 cm³/mol. The third kappa shape index (κ3) is 4.74. The summed E-state index contributed by atoms with van der Waals surface area (Å²) in [6, 6.07) is 12.4. The highest BCUT2D eigenvalue weighted by Gasteiger charge is 2.45. The number of pyridine rings is 1. The number of hydrogen-bond acceptors (Lipinski definition) is 5. The summed E-state index contributed by atoms with van der Waals surface area (Å²) in [4.78, 5) is 10.4. The van der Waals surface area contributed by atoms with Gasteiger partial charge < -0.3 is 18.5 Å². The zero-order valence-electron chi connectivity index (χ0n) is 24.2. The number of aromatic nitrogens is 3. The van der Waals surface area contributed by atoms with E-state index in [1.807, 2.05) is 19.1 Å². The molecule has 1 aliphatic carbocycles. The largest absolute Gasteiger partial charge is 0.454 e. The van der Waals surface area contributed by atoms with Crippen LogP contribution < -0.4 is 9.47 Å². The van der Waals surface area contributed by atoms with Gasteiger partial charge in [0.1, 0.15) is 11.5 Å². The molecule has 1 spiro atoms. The molecule has 3 aliphatic rings. The van der Waals surface area contributed by atoms with Crippen LogP contribution in [0.15, 0.2) is 48.6 Å². The van der Waals surface area contributed by atoms with Crippen LogP contribution in [-0.4, -0.2) is 35.7 Å². The third-order valence-electron chi connectivity index (χ3n) is 9.34. The molecular weight excluding hydrogens is 502 g/mol. The van der Waals surface area contributed by atoms with Crippen LogP contribution in [0, 0.1) is 6.92 Å². The first kappa shape index (κ1) is 26.3. The highest BCUT2D eigenvalue weighted by Crippen LogP contribution is 2.49. The van der Waals surface area contributed by atoms with Crippen molar-refractivity contribution in [3.05, 3.63) is 60.1 Å². The van der Waals surface area contributed by atoms with Crippen LogP contribution >= 0.6 is 0 Å². The summed E-state index contributed by atoms with van der Waals surface area (Å²) in [5, 5.41) is 0.221. The van der Waals surface area contributed by atoms with Gasteiger partial charge in [-0.05, 0) is 87.5 Å². The highest BCUT2D eigenvalue weighted by atomic mass is 28.4. The lowest BCUT2D eigenvalue weighted by Gasteiger charge is -2.44. The van der Waals surface area contributed by atoms with Gasteiger partial charge >= 0.3 is 0 Å². The molecule has 6 nitrogen and oxygen atoms in total. The molecule has 0 radical (unpaired) electrons. The number of allylic oxidation sites excluding steroid dienone is 2. The van der Waals surface area contributed by atoms with Crippen LogP contribution in [0.2, 0.25) is 18.1 Å². The Morgan fingerprint density at radius 2 is 1.77 bits per heavy atom. The summed E-state index contributed by atoms with van der Waals surface area (Å²) in [5.41, 5.74) is 5.03. The maximum absolute atomic E-state index is 6.88. The van der Waals surface area contributed by atoms with E-state index in [9.17, 15) is 0 Å². The lowest BCUT2D eigenvalue weighted by Crippen LogP contribution is -2.46. The summed E-state index contributed by atoms with van der Waals surface area (Å²) in [6.45, 7) is 14.8. The number of rotatable bonds is 4. The molecular formula is C32H41N3O3Si. The molecule has 0 atom stereocenters.